The molecule has 6 nitrogen and oxygen atoms in total. The molecule has 1 aliphatic rings. The Hall–Kier alpha value is -3.12. The zero-order chi connectivity index (χ0) is 20.2. The number of halogens is 1. The van der Waals surface area contributed by atoms with Gasteiger partial charge in [-0.2, -0.15) is 4.98 Å². The quantitative estimate of drug-likeness (QED) is 0.558. The van der Waals surface area contributed by atoms with Crippen LogP contribution >= 0.6 is 11.6 Å². The number of nitrogens with zero attached hydrogens (tertiary/aromatic N) is 2. The number of aryl methyl sites for hydroxylation is 1. The number of benzene rings is 2. The van der Waals surface area contributed by atoms with Gasteiger partial charge in [0.25, 0.3) is 0 Å². The molecule has 2 N–H and O–H groups in total. The number of fused-ring (bicyclic) bond motifs is 1. The number of hydrogen-bond acceptors (Lipinski definition) is 6. The molecule has 148 valence electrons. The molecule has 0 fully saturated rings. The van der Waals surface area contributed by atoms with Gasteiger partial charge < -0.3 is 15.4 Å². The Kier molecular flexibility index (Phi) is 5.62. The highest BCUT2D eigenvalue weighted by molar-refractivity contribution is 6.30. The first-order chi connectivity index (χ1) is 14.1. The first-order valence-corrected chi connectivity index (χ1v) is 9.97. The minimum atomic E-state index is 0.0673. The predicted molar refractivity (Wildman–Crippen MR) is 115 cm³/mol. The van der Waals surface area contributed by atoms with Gasteiger partial charge in [-0.25, -0.2) is 4.98 Å². The molecule has 0 saturated heterocycles. The average molecular weight is 409 g/mol. The predicted octanol–water partition coefficient (Wildman–Crippen LogP) is 5.53. The third-order valence-electron chi connectivity index (χ3n) is 4.61. The van der Waals surface area contributed by atoms with E-state index in [4.69, 9.17) is 16.3 Å². The lowest BCUT2D eigenvalue weighted by molar-refractivity contribution is 0.0972. The van der Waals surface area contributed by atoms with Gasteiger partial charge in [0.1, 0.15) is 11.6 Å². The van der Waals surface area contributed by atoms with Crippen molar-refractivity contribution in [3.8, 4) is 5.75 Å². The van der Waals surface area contributed by atoms with Crippen molar-refractivity contribution < 1.29 is 9.53 Å². The third-order valence-corrected chi connectivity index (χ3v) is 4.86. The van der Waals surface area contributed by atoms with Gasteiger partial charge in [0.2, 0.25) is 5.95 Å². The highest BCUT2D eigenvalue weighted by atomic mass is 35.5. The van der Waals surface area contributed by atoms with Crippen LogP contribution in [0.5, 0.6) is 5.75 Å². The summed E-state index contributed by atoms with van der Waals surface area (Å²) in [6, 6.07) is 14.9. The maximum Gasteiger partial charge on any atom is 0.229 e. The van der Waals surface area contributed by atoms with Gasteiger partial charge in [0.15, 0.2) is 5.78 Å². The zero-order valence-electron chi connectivity index (χ0n) is 16.0. The van der Waals surface area contributed by atoms with E-state index in [-0.39, 0.29) is 5.78 Å². The number of carbonyl (C=O) groups excluding carboxylic acids is 1. The molecule has 1 aliphatic carbocycles. The number of carbonyl (C=O) groups is 1. The summed E-state index contributed by atoms with van der Waals surface area (Å²) in [5.41, 5.74) is 2.99. The Balaban J connectivity index is 1.66. The van der Waals surface area contributed by atoms with Crippen LogP contribution in [0.4, 0.5) is 23.1 Å². The van der Waals surface area contributed by atoms with Crippen LogP contribution in [0.1, 0.15) is 35.8 Å². The molecule has 0 saturated carbocycles. The van der Waals surface area contributed by atoms with Crippen LogP contribution in [0.2, 0.25) is 5.02 Å². The number of rotatable bonds is 6. The number of anilines is 4. The smallest absolute Gasteiger partial charge is 0.229 e. The summed E-state index contributed by atoms with van der Waals surface area (Å²) in [5.74, 6) is 1.82. The van der Waals surface area contributed by atoms with Crippen LogP contribution in [0.3, 0.4) is 0 Å². The number of aromatic nitrogens is 2. The fourth-order valence-corrected chi connectivity index (χ4v) is 3.40. The average Bonchev–Trinajstić information content (AvgIpc) is 2.71. The van der Waals surface area contributed by atoms with E-state index in [1.165, 1.54) is 0 Å². The van der Waals surface area contributed by atoms with Gasteiger partial charge in [0.05, 0.1) is 17.9 Å². The van der Waals surface area contributed by atoms with Crippen molar-refractivity contribution in [2.24, 2.45) is 0 Å². The molecule has 0 atom stereocenters. The molecule has 0 aliphatic heterocycles. The molecule has 0 amide bonds. The van der Waals surface area contributed by atoms with Crippen molar-refractivity contribution in [2.75, 3.05) is 17.2 Å². The zero-order valence-corrected chi connectivity index (χ0v) is 16.8. The topological polar surface area (TPSA) is 76.1 Å². The van der Waals surface area contributed by atoms with Gasteiger partial charge >= 0.3 is 0 Å². The van der Waals surface area contributed by atoms with E-state index in [0.717, 1.165) is 35.7 Å². The largest absolute Gasteiger partial charge is 0.494 e. The summed E-state index contributed by atoms with van der Waals surface area (Å²) < 4.78 is 5.49. The summed E-state index contributed by atoms with van der Waals surface area (Å²) in [7, 11) is 0. The minimum absolute atomic E-state index is 0.0673. The molecule has 3 aromatic rings. The summed E-state index contributed by atoms with van der Waals surface area (Å²) in [5, 5.41) is 7.13. The summed E-state index contributed by atoms with van der Waals surface area (Å²) in [4.78, 5) is 21.7. The highest BCUT2D eigenvalue weighted by Gasteiger charge is 2.24. The third kappa shape index (κ3) is 4.49. The Morgan fingerprint density at radius 1 is 0.966 bits per heavy atom. The Bertz CT molecular complexity index is 1020. The minimum Gasteiger partial charge on any atom is -0.494 e. The van der Waals surface area contributed by atoms with E-state index in [0.29, 0.717) is 35.4 Å². The van der Waals surface area contributed by atoms with Crippen LogP contribution in [0.15, 0.2) is 48.5 Å². The standard InChI is InChI=1S/C22H21ClN4O2/c1-2-29-17-12-10-15(11-13-17)24-21-20-18(4-3-5-19(20)28)26-22(27-21)25-16-8-6-14(23)7-9-16/h6-13H,2-5H2,1H3,(H2,24,25,26,27). The monoisotopic (exact) mass is 408 g/mol. The molecule has 0 spiro atoms. The summed E-state index contributed by atoms with van der Waals surface area (Å²) in [6.07, 6.45) is 2.06. The second-order valence-electron chi connectivity index (χ2n) is 6.71. The molecule has 2 aromatic carbocycles. The van der Waals surface area contributed by atoms with E-state index < -0.39 is 0 Å². The van der Waals surface area contributed by atoms with Crippen LogP contribution in [-0.4, -0.2) is 22.4 Å². The first kappa shape index (κ1) is 19.2. The van der Waals surface area contributed by atoms with E-state index >= 15 is 0 Å². The number of ether oxygens (including phenoxy) is 1. The molecule has 0 unspecified atom stereocenters. The summed E-state index contributed by atoms with van der Waals surface area (Å²) >= 11 is 5.96. The molecular weight excluding hydrogens is 388 g/mol. The van der Waals surface area contributed by atoms with Crippen molar-refractivity contribution >= 4 is 40.5 Å². The number of nitrogens with one attached hydrogen (secondary N) is 2. The van der Waals surface area contributed by atoms with Gasteiger partial charge in [0, 0.05) is 22.8 Å². The van der Waals surface area contributed by atoms with Crippen molar-refractivity contribution in [1.82, 2.24) is 9.97 Å². The molecule has 7 heteroatoms. The molecule has 29 heavy (non-hydrogen) atoms. The normalized spacial score (nSPS) is 13.0. The Labute approximate surface area is 174 Å². The molecule has 1 heterocycles. The number of hydrogen-bond donors (Lipinski definition) is 2. The van der Waals surface area contributed by atoms with Gasteiger partial charge in [-0.05, 0) is 68.3 Å². The van der Waals surface area contributed by atoms with E-state index in [2.05, 4.69) is 20.6 Å². The van der Waals surface area contributed by atoms with Crippen LogP contribution in [0.25, 0.3) is 0 Å². The Morgan fingerprint density at radius 3 is 2.38 bits per heavy atom. The van der Waals surface area contributed by atoms with Crippen LogP contribution < -0.4 is 15.4 Å². The fourth-order valence-electron chi connectivity index (χ4n) is 3.27. The lowest BCUT2D eigenvalue weighted by Crippen LogP contribution is -2.17. The van der Waals surface area contributed by atoms with Crippen LogP contribution in [-0.2, 0) is 6.42 Å². The number of Topliss-reactive ketones (excluding diaryl/α,β-unsaturated/α-hetero) is 1. The molecule has 4 rings (SSSR count). The second-order valence-corrected chi connectivity index (χ2v) is 7.14. The molecule has 0 radical (unpaired) electrons. The van der Waals surface area contributed by atoms with Gasteiger partial charge in [-0.3, -0.25) is 4.79 Å². The maximum absolute atomic E-state index is 12.6. The highest BCUT2D eigenvalue weighted by Crippen LogP contribution is 2.30. The van der Waals surface area contributed by atoms with Gasteiger partial charge in [-0.15, -0.1) is 0 Å². The van der Waals surface area contributed by atoms with Crippen molar-refractivity contribution in [2.45, 2.75) is 26.2 Å². The van der Waals surface area contributed by atoms with E-state index in [9.17, 15) is 4.79 Å². The molecule has 0 bridgehead atoms. The molecule has 1 aromatic heterocycles. The van der Waals surface area contributed by atoms with E-state index in [1.807, 2.05) is 43.3 Å². The second kappa shape index (κ2) is 8.49. The summed E-state index contributed by atoms with van der Waals surface area (Å²) in [6.45, 7) is 2.56. The Morgan fingerprint density at radius 2 is 1.66 bits per heavy atom. The molecular formula is C22H21ClN4O2. The number of ketones is 1. The fraction of sp³-hybridized carbons (Fsp3) is 0.227. The van der Waals surface area contributed by atoms with Crippen molar-refractivity contribution in [3.05, 3.63) is 64.8 Å². The lowest BCUT2D eigenvalue weighted by Gasteiger charge is -2.19. The maximum atomic E-state index is 12.6. The van der Waals surface area contributed by atoms with Crippen molar-refractivity contribution in [3.63, 3.8) is 0 Å². The van der Waals surface area contributed by atoms with E-state index in [1.54, 1.807) is 12.1 Å². The first-order valence-electron chi connectivity index (χ1n) is 9.59. The van der Waals surface area contributed by atoms with Crippen molar-refractivity contribution in [1.29, 1.82) is 0 Å². The lowest BCUT2D eigenvalue weighted by atomic mass is 9.95. The van der Waals surface area contributed by atoms with Crippen LogP contribution in [0, 0.1) is 0 Å². The SMILES string of the molecule is CCOc1ccc(Nc2nc(Nc3ccc(Cl)cc3)nc3c2C(=O)CCC3)cc1. The van der Waals surface area contributed by atoms with Gasteiger partial charge in [-0.1, -0.05) is 11.6 Å².